The predicted molar refractivity (Wildman–Crippen MR) is 150 cm³/mol. The number of carboxylic acid groups (broad SMARTS) is 1. The van der Waals surface area contributed by atoms with Gasteiger partial charge in [-0.05, 0) is 68.8 Å². The van der Waals surface area contributed by atoms with Crippen molar-refractivity contribution in [3.63, 3.8) is 0 Å². The van der Waals surface area contributed by atoms with Gasteiger partial charge >= 0.3 is 5.97 Å². The Morgan fingerprint density at radius 2 is 1.98 bits per heavy atom. The van der Waals surface area contributed by atoms with Gasteiger partial charge in [-0.15, -0.1) is 0 Å². The van der Waals surface area contributed by atoms with Crippen molar-refractivity contribution in [3.8, 4) is 11.9 Å². The Labute approximate surface area is 237 Å². The smallest absolute Gasteiger partial charge is 0.335 e. The van der Waals surface area contributed by atoms with Crippen molar-refractivity contribution in [2.24, 2.45) is 0 Å². The molecule has 0 saturated carbocycles. The van der Waals surface area contributed by atoms with Crippen LogP contribution in [-0.2, 0) is 24.4 Å². The minimum Gasteiger partial charge on any atom is -0.478 e. The molecule has 5 rings (SSSR count). The molecule has 1 fully saturated rings. The van der Waals surface area contributed by atoms with Gasteiger partial charge in [0.15, 0.2) is 0 Å². The number of nitriles is 1. The predicted octanol–water partition coefficient (Wildman–Crippen LogP) is 5.05. The second-order valence-electron chi connectivity index (χ2n) is 10.3. The van der Waals surface area contributed by atoms with Gasteiger partial charge in [-0.3, -0.25) is 4.90 Å². The molecule has 212 valence electrons. The van der Waals surface area contributed by atoms with Crippen LogP contribution in [0.15, 0.2) is 48.5 Å². The van der Waals surface area contributed by atoms with Gasteiger partial charge in [0.1, 0.15) is 18.2 Å². The van der Waals surface area contributed by atoms with Crippen molar-refractivity contribution < 1.29 is 23.8 Å². The summed E-state index contributed by atoms with van der Waals surface area (Å²) in [6.45, 7) is 5.39. The van der Waals surface area contributed by atoms with E-state index in [0.717, 1.165) is 54.0 Å². The number of hydrogen-bond acceptors (Lipinski definition) is 7. The number of fused-ring (bicyclic) bond motifs is 1. The summed E-state index contributed by atoms with van der Waals surface area (Å²) in [6.07, 6.45) is 1.84. The first-order chi connectivity index (χ1) is 19.9. The number of benzene rings is 2. The number of imidazole rings is 1. The Kier molecular flexibility index (Phi) is 8.57. The number of likely N-dealkylation sites (tertiary alicyclic amines) is 1. The Hall–Kier alpha value is -4.33. The Morgan fingerprint density at radius 3 is 2.68 bits per heavy atom. The highest BCUT2D eigenvalue weighted by Gasteiger charge is 2.24. The largest absolute Gasteiger partial charge is 0.478 e. The van der Waals surface area contributed by atoms with Crippen LogP contribution in [0, 0.1) is 24.1 Å². The molecule has 2 aromatic carbocycles. The van der Waals surface area contributed by atoms with Crippen LogP contribution in [0.4, 0.5) is 4.39 Å². The normalized spacial score (nSPS) is 14.3. The summed E-state index contributed by atoms with van der Waals surface area (Å²) in [5.41, 5.74) is 4.31. The average molecular weight is 558 g/mol. The van der Waals surface area contributed by atoms with E-state index in [-0.39, 0.29) is 23.7 Å². The number of aryl methyl sites for hydroxylation is 1. The number of carbonyl (C=O) groups is 1. The molecule has 3 heterocycles. The molecular formula is C31H32FN5O4. The number of hydrogen-bond donors (Lipinski definition) is 1. The summed E-state index contributed by atoms with van der Waals surface area (Å²) < 4.78 is 27.4. The van der Waals surface area contributed by atoms with E-state index in [0.29, 0.717) is 31.1 Å². The molecule has 0 radical (unpaired) electrons. The number of pyridine rings is 1. The molecule has 1 aliphatic rings. The summed E-state index contributed by atoms with van der Waals surface area (Å²) >= 11 is 0. The molecule has 41 heavy (non-hydrogen) atoms. The fourth-order valence-electron chi connectivity index (χ4n) is 5.33. The van der Waals surface area contributed by atoms with Crippen LogP contribution in [0.5, 0.6) is 5.88 Å². The number of ether oxygens (including phenoxy) is 2. The number of piperidine rings is 1. The lowest BCUT2D eigenvalue weighted by Gasteiger charge is -2.31. The number of nitrogens with zero attached hydrogens (tertiary/aromatic N) is 5. The van der Waals surface area contributed by atoms with Gasteiger partial charge in [-0.25, -0.2) is 19.2 Å². The molecule has 9 nitrogen and oxygen atoms in total. The topological polar surface area (TPSA) is 114 Å². The molecule has 1 saturated heterocycles. The van der Waals surface area contributed by atoms with Crippen molar-refractivity contribution in [2.45, 2.75) is 45.4 Å². The second-order valence-corrected chi connectivity index (χ2v) is 10.3. The molecule has 10 heteroatoms. The molecule has 0 bridgehead atoms. The van der Waals surface area contributed by atoms with Crippen LogP contribution < -0.4 is 4.74 Å². The summed E-state index contributed by atoms with van der Waals surface area (Å²) in [7, 11) is 1.65. The first-order valence-corrected chi connectivity index (χ1v) is 13.6. The molecular weight excluding hydrogens is 525 g/mol. The first kappa shape index (κ1) is 28.2. The summed E-state index contributed by atoms with van der Waals surface area (Å²) in [5.74, 6) is 0.180. The zero-order valence-electron chi connectivity index (χ0n) is 23.1. The molecule has 0 unspecified atom stereocenters. The van der Waals surface area contributed by atoms with Crippen LogP contribution in [0.1, 0.15) is 57.3 Å². The average Bonchev–Trinajstić information content (AvgIpc) is 3.33. The van der Waals surface area contributed by atoms with Crippen LogP contribution in [0.2, 0.25) is 0 Å². The minimum atomic E-state index is -0.956. The zero-order chi connectivity index (χ0) is 28.9. The van der Waals surface area contributed by atoms with Gasteiger partial charge in [-0.1, -0.05) is 12.1 Å². The van der Waals surface area contributed by atoms with Gasteiger partial charge in [0.25, 0.3) is 0 Å². The Morgan fingerprint density at radius 1 is 1.17 bits per heavy atom. The van der Waals surface area contributed by atoms with Crippen molar-refractivity contribution in [3.05, 3.63) is 88.1 Å². The van der Waals surface area contributed by atoms with E-state index in [4.69, 9.17) is 24.7 Å². The molecule has 0 spiro atoms. The van der Waals surface area contributed by atoms with Gasteiger partial charge in [0.05, 0.1) is 41.4 Å². The second kappa shape index (κ2) is 12.5. The van der Waals surface area contributed by atoms with Gasteiger partial charge in [0.2, 0.25) is 5.88 Å². The van der Waals surface area contributed by atoms with Crippen LogP contribution in [0.25, 0.3) is 11.0 Å². The summed E-state index contributed by atoms with van der Waals surface area (Å²) in [4.78, 5) is 23.6. The van der Waals surface area contributed by atoms with E-state index in [9.17, 15) is 14.3 Å². The maximum atomic E-state index is 14.2. The van der Waals surface area contributed by atoms with Crippen LogP contribution in [-0.4, -0.2) is 57.3 Å². The standard InChI is InChI=1S/C31H32FN5O4/c1-20-14-24(31(38)39)16-27-30(20)35-28(37(27)12-13-40-2)18-36-10-8-22(9-11-36)26-4-3-5-29(34-26)41-19-23-7-6-21(17-33)15-25(23)32/h3-7,14-16,22H,8-13,18-19H2,1-2H3,(H,38,39). The van der Waals surface area contributed by atoms with Crippen molar-refractivity contribution in [1.82, 2.24) is 19.4 Å². The molecule has 0 aliphatic carbocycles. The lowest BCUT2D eigenvalue weighted by molar-refractivity contribution is 0.0697. The third kappa shape index (κ3) is 6.37. The molecule has 0 amide bonds. The number of rotatable bonds is 10. The molecule has 4 aromatic rings. The van der Waals surface area contributed by atoms with Gasteiger partial charge < -0.3 is 19.1 Å². The molecule has 1 N–H and O–H groups in total. The molecule has 1 aliphatic heterocycles. The lowest BCUT2D eigenvalue weighted by atomic mass is 9.93. The zero-order valence-corrected chi connectivity index (χ0v) is 23.1. The monoisotopic (exact) mass is 557 g/mol. The van der Waals surface area contributed by atoms with Gasteiger partial charge in [0, 0.05) is 36.9 Å². The molecule has 0 atom stereocenters. The number of carboxylic acids is 1. The lowest BCUT2D eigenvalue weighted by Crippen LogP contribution is -2.33. The highest BCUT2D eigenvalue weighted by atomic mass is 19.1. The fourth-order valence-corrected chi connectivity index (χ4v) is 5.33. The van der Waals surface area contributed by atoms with Crippen molar-refractivity contribution in [2.75, 3.05) is 26.8 Å². The van der Waals surface area contributed by atoms with E-state index < -0.39 is 11.8 Å². The van der Waals surface area contributed by atoms with E-state index >= 15 is 0 Å². The summed E-state index contributed by atoms with van der Waals surface area (Å²) in [6, 6.07) is 15.3. The SMILES string of the molecule is COCCn1c(CN2CCC(c3cccc(OCc4ccc(C#N)cc4F)n3)CC2)nc2c(C)cc(C(=O)O)cc21. The quantitative estimate of drug-likeness (QED) is 0.288. The van der Waals surface area contributed by atoms with Crippen molar-refractivity contribution in [1.29, 1.82) is 5.26 Å². The highest BCUT2D eigenvalue weighted by molar-refractivity contribution is 5.93. The van der Waals surface area contributed by atoms with Crippen LogP contribution >= 0.6 is 0 Å². The first-order valence-electron chi connectivity index (χ1n) is 13.6. The number of aromatic nitrogens is 3. The van der Waals surface area contributed by atoms with E-state index in [2.05, 4.69) is 9.47 Å². The van der Waals surface area contributed by atoms with Crippen molar-refractivity contribution >= 4 is 17.0 Å². The maximum absolute atomic E-state index is 14.2. The molecule has 2 aromatic heterocycles. The van der Waals surface area contributed by atoms with E-state index in [1.54, 1.807) is 37.4 Å². The maximum Gasteiger partial charge on any atom is 0.335 e. The van der Waals surface area contributed by atoms with Gasteiger partial charge in [-0.2, -0.15) is 5.26 Å². The third-order valence-corrected chi connectivity index (χ3v) is 7.56. The third-order valence-electron chi connectivity index (χ3n) is 7.56. The number of methoxy groups -OCH3 is 1. The fraction of sp³-hybridized carbons (Fsp3) is 0.355. The van der Waals surface area contributed by atoms with Crippen LogP contribution in [0.3, 0.4) is 0 Å². The Bertz CT molecular complexity index is 1600. The number of aromatic carboxylic acids is 1. The van der Waals surface area contributed by atoms with E-state index in [1.165, 1.54) is 6.07 Å². The number of halogens is 1. The van der Waals surface area contributed by atoms with E-state index in [1.807, 2.05) is 25.1 Å². The summed E-state index contributed by atoms with van der Waals surface area (Å²) in [5, 5.41) is 18.5. The minimum absolute atomic E-state index is 0.0317. The highest BCUT2D eigenvalue weighted by Crippen LogP contribution is 2.30. The Balaban J connectivity index is 1.24.